The van der Waals surface area contributed by atoms with E-state index in [9.17, 15) is 8.78 Å². The fraction of sp³-hybridized carbons (Fsp3) is 0.533. The first-order valence-electron chi connectivity index (χ1n) is 6.98. The molecule has 1 fully saturated rings. The summed E-state index contributed by atoms with van der Waals surface area (Å²) in [6.07, 6.45) is 0.646. The fourth-order valence-electron chi connectivity index (χ4n) is 3.41. The summed E-state index contributed by atoms with van der Waals surface area (Å²) in [5, 5.41) is 5.52. The zero-order chi connectivity index (χ0) is 14.4. The van der Waals surface area contributed by atoms with Crippen LogP contribution in [0.15, 0.2) is 24.3 Å². The molecule has 20 heavy (non-hydrogen) atoms. The van der Waals surface area contributed by atoms with E-state index in [1.54, 1.807) is 0 Å². The van der Waals surface area contributed by atoms with Gasteiger partial charge in [0.25, 0.3) is 0 Å². The molecule has 0 saturated heterocycles. The molecule has 1 aliphatic carbocycles. The van der Waals surface area contributed by atoms with E-state index in [0.29, 0.717) is 19.4 Å². The van der Waals surface area contributed by atoms with Crippen LogP contribution in [0.4, 0.5) is 8.78 Å². The molecule has 0 aliphatic heterocycles. The van der Waals surface area contributed by atoms with Crippen LogP contribution in [0.3, 0.4) is 0 Å². The lowest BCUT2D eigenvalue weighted by Gasteiger charge is -2.39. The SMILES string of the molecule is Cn1nc2ccccc2c1C1(CN)CCC(F)(F)CC1. The molecule has 1 aliphatic rings. The van der Waals surface area contributed by atoms with Crippen molar-refractivity contribution in [3.63, 3.8) is 0 Å². The van der Waals surface area contributed by atoms with Crippen molar-refractivity contribution in [2.75, 3.05) is 6.54 Å². The molecule has 108 valence electrons. The van der Waals surface area contributed by atoms with Gasteiger partial charge in [0.05, 0.1) is 11.2 Å². The molecular weight excluding hydrogens is 260 g/mol. The molecule has 3 nitrogen and oxygen atoms in total. The van der Waals surface area contributed by atoms with Gasteiger partial charge in [-0.2, -0.15) is 5.10 Å². The lowest BCUT2D eigenvalue weighted by molar-refractivity contribution is -0.0516. The van der Waals surface area contributed by atoms with Gasteiger partial charge in [-0.25, -0.2) is 8.78 Å². The summed E-state index contributed by atoms with van der Waals surface area (Å²) < 4.78 is 28.8. The molecule has 0 atom stereocenters. The summed E-state index contributed by atoms with van der Waals surface area (Å²) >= 11 is 0. The second kappa shape index (κ2) is 4.52. The zero-order valence-electron chi connectivity index (χ0n) is 11.6. The Bertz CT molecular complexity index is 623. The Morgan fingerprint density at radius 2 is 1.85 bits per heavy atom. The quantitative estimate of drug-likeness (QED) is 0.918. The average Bonchev–Trinajstić information content (AvgIpc) is 2.76. The zero-order valence-corrected chi connectivity index (χ0v) is 11.6. The van der Waals surface area contributed by atoms with Gasteiger partial charge in [-0.15, -0.1) is 0 Å². The Balaban J connectivity index is 2.10. The Morgan fingerprint density at radius 1 is 1.20 bits per heavy atom. The Kier molecular flexibility index (Phi) is 3.05. The lowest BCUT2D eigenvalue weighted by Crippen LogP contribution is -2.43. The predicted octanol–water partition coefficient (Wildman–Crippen LogP) is 2.98. The smallest absolute Gasteiger partial charge is 0.248 e. The molecule has 0 unspecified atom stereocenters. The van der Waals surface area contributed by atoms with Gasteiger partial charge in [0, 0.05) is 37.2 Å². The van der Waals surface area contributed by atoms with Crippen molar-refractivity contribution in [2.24, 2.45) is 12.8 Å². The van der Waals surface area contributed by atoms with Crippen molar-refractivity contribution in [1.82, 2.24) is 9.78 Å². The number of benzene rings is 1. The molecule has 0 bridgehead atoms. The molecular formula is C15H19F2N3. The van der Waals surface area contributed by atoms with Gasteiger partial charge in [-0.1, -0.05) is 18.2 Å². The number of nitrogens with two attached hydrogens (primary N) is 1. The highest BCUT2D eigenvalue weighted by molar-refractivity contribution is 5.82. The highest BCUT2D eigenvalue weighted by Gasteiger charge is 2.45. The Labute approximate surface area is 116 Å². The first-order valence-corrected chi connectivity index (χ1v) is 6.98. The average molecular weight is 279 g/mol. The van der Waals surface area contributed by atoms with E-state index in [2.05, 4.69) is 5.10 Å². The van der Waals surface area contributed by atoms with Crippen LogP contribution in [0.25, 0.3) is 10.9 Å². The van der Waals surface area contributed by atoms with E-state index in [-0.39, 0.29) is 18.3 Å². The number of aryl methyl sites for hydroxylation is 1. The molecule has 0 amide bonds. The maximum absolute atomic E-state index is 13.5. The number of alkyl halides is 2. The minimum absolute atomic E-state index is 0.0935. The molecule has 1 heterocycles. The number of fused-ring (bicyclic) bond motifs is 1. The molecule has 5 heteroatoms. The monoisotopic (exact) mass is 279 g/mol. The topological polar surface area (TPSA) is 43.8 Å². The minimum atomic E-state index is -2.55. The van der Waals surface area contributed by atoms with Gasteiger partial charge in [0.1, 0.15) is 0 Å². The molecule has 0 spiro atoms. The summed E-state index contributed by atoms with van der Waals surface area (Å²) in [7, 11) is 1.87. The third-order valence-electron chi connectivity index (χ3n) is 4.57. The summed E-state index contributed by atoms with van der Waals surface area (Å²) in [6.45, 7) is 0.382. The highest BCUT2D eigenvalue weighted by Crippen LogP contribution is 2.46. The molecule has 2 aromatic rings. The van der Waals surface area contributed by atoms with Gasteiger partial charge >= 0.3 is 0 Å². The van der Waals surface area contributed by atoms with Crippen LogP contribution in [0.5, 0.6) is 0 Å². The number of hydrogen-bond acceptors (Lipinski definition) is 2. The van der Waals surface area contributed by atoms with Crippen LogP contribution in [-0.2, 0) is 12.5 Å². The standard InChI is InChI=1S/C15H19F2N3/c1-20-13(11-4-2-3-5-12(11)19-20)14(10-18)6-8-15(16,17)9-7-14/h2-5H,6-10,18H2,1H3. The lowest BCUT2D eigenvalue weighted by atomic mass is 9.70. The van der Waals surface area contributed by atoms with E-state index in [1.165, 1.54) is 0 Å². The van der Waals surface area contributed by atoms with Crippen LogP contribution >= 0.6 is 0 Å². The Hall–Kier alpha value is -1.49. The molecule has 3 rings (SSSR count). The summed E-state index contributed by atoms with van der Waals surface area (Å²) in [5.41, 5.74) is 7.51. The largest absolute Gasteiger partial charge is 0.330 e. The number of aromatic nitrogens is 2. The highest BCUT2D eigenvalue weighted by atomic mass is 19.3. The van der Waals surface area contributed by atoms with Crippen molar-refractivity contribution in [3.05, 3.63) is 30.0 Å². The summed E-state index contributed by atoms with van der Waals surface area (Å²) in [4.78, 5) is 0. The third-order valence-corrected chi connectivity index (χ3v) is 4.57. The first-order chi connectivity index (χ1) is 9.47. The van der Waals surface area contributed by atoms with Crippen LogP contribution in [0.1, 0.15) is 31.4 Å². The molecule has 1 aromatic heterocycles. The van der Waals surface area contributed by atoms with Crippen LogP contribution in [0.2, 0.25) is 0 Å². The van der Waals surface area contributed by atoms with E-state index >= 15 is 0 Å². The van der Waals surface area contributed by atoms with E-state index in [0.717, 1.165) is 16.6 Å². The van der Waals surface area contributed by atoms with E-state index in [1.807, 2.05) is 36.0 Å². The molecule has 2 N–H and O–H groups in total. The van der Waals surface area contributed by atoms with Crippen LogP contribution < -0.4 is 5.73 Å². The maximum Gasteiger partial charge on any atom is 0.248 e. The van der Waals surface area contributed by atoms with E-state index in [4.69, 9.17) is 5.73 Å². The van der Waals surface area contributed by atoms with Gasteiger partial charge < -0.3 is 5.73 Å². The van der Waals surface area contributed by atoms with Gasteiger partial charge in [-0.05, 0) is 18.9 Å². The second-order valence-electron chi connectivity index (χ2n) is 5.83. The number of halogens is 2. The summed E-state index contributed by atoms with van der Waals surface area (Å²) in [6, 6.07) is 7.83. The molecule has 1 aromatic carbocycles. The van der Waals surface area contributed by atoms with Crippen molar-refractivity contribution < 1.29 is 8.78 Å². The number of nitrogens with zero attached hydrogens (tertiary/aromatic N) is 2. The van der Waals surface area contributed by atoms with Crippen LogP contribution in [0, 0.1) is 0 Å². The van der Waals surface area contributed by atoms with Crippen molar-refractivity contribution >= 4 is 10.9 Å². The number of hydrogen-bond donors (Lipinski definition) is 1. The predicted molar refractivity (Wildman–Crippen MR) is 74.9 cm³/mol. The van der Waals surface area contributed by atoms with Crippen molar-refractivity contribution in [2.45, 2.75) is 37.0 Å². The minimum Gasteiger partial charge on any atom is -0.330 e. The second-order valence-corrected chi connectivity index (χ2v) is 5.83. The normalized spacial score (nSPS) is 21.2. The van der Waals surface area contributed by atoms with Crippen molar-refractivity contribution in [1.29, 1.82) is 0 Å². The fourth-order valence-corrected chi connectivity index (χ4v) is 3.41. The third kappa shape index (κ3) is 2.00. The van der Waals surface area contributed by atoms with Gasteiger partial charge in [-0.3, -0.25) is 4.68 Å². The van der Waals surface area contributed by atoms with E-state index < -0.39 is 5.92 Å². The first kappa shape index (κ1) is 13.5. The van der Waals surface area contributed by atoms with Gasteiger partial charge in [0.15, 0.2) is 0 Å². The molecule has 1 saturated carbocycles. The van der Waals surface area contributed by atoms with Crippen LogP contribution in [-0.4, -0.2) is 22.2 Å². The Morgan fingerprint density at radius 3 is 2.50 bits per heavy atom. The van der Waals surface area contributed by atoms with Crippen molar-refractivity contribution in [3.8, 4) is 0 Å². The van der Waals surface area contributed by atoms with Gasteiger partial charge in [0.2, 0.25) is 5.92 Å². The number of rotatable bonds is 2. The maximum atomic E-state index is 13.5. The molecule has 0 radical (unpaired) electrons. The summed E-state index contributed by atoms with van der Waals surface area (Å²) in [5.74, 6) is -2.55.